The lowest BCUT2D eigenvalue weighted by Crippen LogP contribution is -2.00. The van der Waals surface area contributed by atoms with Crippen LogP contribution in [0.5, 0.6) is 0 Å². The van der Waals surface area contributed by atoms with Crippen LogP contribution >= 0.6 is 0 Å². The average Bonchev–Trinajstić information content (AvgIpc) is 2.16. The highest BCUT2D eigenvalue weighted by Crippen LogP contribution is 1.95. The Morgan fingerprint density at radius 2 is 1.46 bits per heavy atom. The topological polar surface area (TPSA) is 26.3 Å². The Morgan fingerprint density at radius 3 is 1.62 bits per heavy atom. The van der Waals surface area contributed by atoms with Gasteiger partial charge in [-0.05, 0) is 6.92 Å². The Labute approximate surface area is 82.7 Å². The van der Waals surface area contributed by atoms with Gasteiger partial charge >= 0.3 is 5.97 Å². The van der Waals surface area contributed by atoms with Gasteiger partial charge in [0.15, 0.2) is 0 Å². The summed E-state index contributed by atoms with van der Waals surface area (Å²) in [6.45, 7) is 8.53. The van der Waals surface area contributed by atoms with Crippen LogP contribution in [0.15, 0.2) is 0 Å². The number of hydrogen-bond donors (Lipinski definition) is 0. The summed E-state index contributed by atoms with van der Waals surface area (Å²) in [6.07, 6.45) is 6.02. The Morgan fingerprint density at radius 1 is 1.00 bits per heavy atom. The minimum Gasteiger partial charge on any atom is -0.466 e. The number of carbonyl (C=O) groups is 1. The smallest absolute Gasteiger partial charge is 0.305 e. The SMILES string of the molecule is CCCCCC.CCOC(=O)CC. The second-order valence-electron chi connectivity index (χ2n) is 2.87. The average molecular weight is 188 g/mol. The van der Waals surface area contributed by atoms with Gasteiger partial charge in [-0.25, -0.2) is 0 Å². The van der Waals surface area contributed by atoms with Crippen LogP contribution in [0.3, 0.4) is 0 Å². The summed E-state index contributed by atoms with van der Waals surface area (Å²) in [5, 5.41) is 0. The molecule has 0 atom stereocenters. The van der Waals surface area contributed by atoms with Gasteiger partial charge in [0.1, 0.15) is 0 Å². The van der Waals surface area contributed by atoms with Crippen molar-refractivity contribution in [1.29, 1.82) is 0 Å². The van der Waals surface area contributed by atoms with Crippen molar-refractivity contribution in [3.63, 3.8) is 0 Å². The van der Waals surface area contributed by atoms with Gasteiger partial charge in [-0.15, -0.1) is 0 Å². The van der Waals surface area contributed by atoms with Crippen molar-refractivity contribution in [3.05, 3.63) is 0 Å². The van der Waals surface area contributed by atoms with Crippen molar-refractivity contribution in [2.24, 2.45) is 0 Å². The minimum absolute atomic E-state index is 0.123. The maximum Gasteiger partial charge on any atom is 0.305 e. The zero-order valence-electron chi connectivity index (χ0n) is 9.56. The summed E-state index contributed by atoms with van der Waals surface area (Å²) < 4.78 is 4.55. The number of hydrogen-bond acceptors (Lipinski definition) is 2. The van der Waals surface area contributed by atoms with E-state index in [0.29, 0.717) is 13.0 Å². The third-order valence-electron chi connectivity index (χ3n) is 1.55. The van der Waals surface area contributed by atoms with Crippen molar-refractivity contribution >= 4 is 5.97 Å². The summed E-state index contributed by atoms with van der Waals surface area (Å²) in [5.41, 5.74) is 0. The highest BCUT2D eigenvalue weighted by Gasteiger charge is 1.91. The Bertz CT molecular complexity index is 96.3. The van der Waals surface area contributed by atoms with E-state index in [9.17, 15) is 4.79 Å². The molecule has 0 bridgehead atoms. The lowest BCUT2D eigenvalue weighted by atomic mass is 10.2. The molecule has 0 spiro atoms. The van der Waals surface area contributed by atoms with Crippen LogP contribution in [-0.2, 0) is 9.53 Å². The highest BCUT2D eigenvalue weighted by atomic mass is 16.5. The van der Waals surface area contributed by atoms with Gasteiger partial charge in [-0.3, -0.25) is 4.79 Å². The lowest BCUT2D eigenvalue weighted by molar-refractivity contribution is -0.142. The van der Waals surface area contributed by atoms with Crippen molar-refractivity contribution in [1.82, 2.24) is 0 Å². The normalized spacial score (nSPS) is 8.62. The van der Waals surface area contributed by atoms with Crippen molar-refractivity contribution in [2.75, 3.05) is 6.61 Å². The standard InChI is InChI=1S/C6H14.C5H10O2/c1-3-5-6-4-2;1-3-5(6)7-4-2/h3-6H2,1-2H3;3-4H2,1-2H3. The maximum absolute atomic E-state index is 10.2. The third kappa shape index (κ3) is 18.4. The first-order valence-electron chi connectivity index (χ1n) is 5.38. The van der Waals surface area contributed by atoms with Gasteiger partial charge in [-0.2, -0.15) is 0 Å². The number of carbonyl (C=O) groups excluding carboxylic acids is 1. The zero-order valence-corrected chi connectivity index (χ0v) is 9.56. The number of unbranched alkanes of at least 4 members (excludes halogenated alkanes) is 3. The van der Waals surface area contributed by atoms with Crippen LogP contribution in [0.25, 0.3) is 0 Å². The molecule has 0 heterocycles. The van der Waals surface area contributed by atoms with Crippen molar-refractivity contribution in [2.45, 2.75) is 59.8 Å². The number of rotatable bonds is 5. The molecule has 2 heteroatoms. The van der Waals surface area contributed by atoms with Gasteiger partial charge < -0.3 is 4.74 Å². The first-order valence-corrected chi connectivity index (χ1v) is 5.38. The summed E-state index contributed by atoms with van der Waals surface area (Å²) in [7, 11) is 0. The van der Waals surface area contributed by atoms with Crippen LogP contribution in [0.4, 0.5) is 0 Å². The predicted molar refractivity (Wildman–Crippen MR) is 56.7 cm³/mol. The molecule has 80 valence electrons. The van der Waals surface area contributed by atoms with Gasteiger partial charge in [0.05, 0.1) is 6.61 Å². The van der Waals surface area contributed by atoms with E-state index in [4.69, 9.17) is 0 Å². The molecule has 0 fully saturated rings. The maximum atomic E-state index is 10.2. The number of ether oxygens (including phenoxy) is 1. The number of esters is 1. The van der Waals surface area contributed by atoms with Crippen LogP contribution in [0, 0.1) is 0 Å². The fourth-order valence-corrected chi connectivity index (χ4v) is 0.763. The van der Waals surface area contributed by atoms with E-state index in [-0.39, 0.29) is 5.97 Å². The Hall–Kier alpha value is -0.530. The van der Waals surface area contributed by atoms with E-state index in [2.05, 4.69) is 18.6 Å². The molecule has 0 rings (SSSR count). The minimum atomic E-state index is -0.123. The molecule has 0 radical (unpaired) electrons. The van der Waals surface area contributed by atoms with E-state index in [0.717, 1.165) is 0 Å². The van der Waals surface area contributed by atoms with Gasteiger partial charge in [-0.1, -0.05) is 46.5 Å². The molecule has 0 saturated heterocycles. The molecule has 0 aliphatic carbocycles. The predicted octanol–water partition coefficient (Wildman–Crippen LogP) is 3.55. The first-order chi connectivity index (χ1) is 6.22. The summed E-state index contributed by atoms with van der Waals surface area (Å²) >= 11 is 0. The third-order valence-corrected chi connectivity index (χ3v) is 1.55. The molecule has 0 unspecified atom stereocenters. The molecule has 0 saturated carbocycles. The molecule has 0 aliphatic rings. The van der Waals surface area contributed by atoms with E-state index < -0.39 is 0 Å². The zero-order chi connectivity index (χ0) is 10.5. The van der Waals surface area contributed by atoms with Gasteiger partial charge in [0.2, 0.25) is 0 Å². The molecular weight excluding hydrogens is 164 g/mol. The fourth-order valence-electron chi connectivity index (χ4n) is 0.763. The summed E-state index contributed by atoms with van der Waals surface area (Å²) in [5.74, 6) is -0.123. The van der Waals surface area contributed by atoms with Crippen molar-refractivity contribution < 1.29 is 9.53 Å². The first kappa shape index (κ1) is 15.0. The van der Waals surface area contributed by atoms with E-state index >= 15 is 0 Å². The molecule has 0 aromatic carbocycles. The van der Waals surface area contributed by atoms with Crippen LogP contribution < -0.4 is 0 Å². The second-order valence-corrected chi connectivity index (χ2v) is 2.87. The van der Waals surface area contributed by atoms with E-state index in [1.54, 1.807) is 13.8 Å². The van der Waals surface area contributed by atoms with Gasteiger partial charge in [0.25, 0.3) is 0 Å². The second kappa shape index (κ2) is 14.0. The summed E-state index contributed by atoms with van der Waals surface area (Å²) in [6, 6.07) is 0. The molecule has 0 aromatic heterocycles. The molecule has 0 amide bonds. The Balaban J connectivity index is 0. The van der Waals surface area contributed by atoms with Crippen LogP contribution in [0.2, 0.25) is 0 Å². The highest BCUT2D eigenvalue weighted by molar-refractivity contribution is 5.68. The van der Waals surface area contributed by atoms with E-state index in [1.807, 2.05) is 0 Å². The molecule has 0 aliphatic heterocycles. The van der Waals surface area contributed by atoms with Gasteiger partial charge in [0, 0.05) is 6.42 Å². The largest absolute Gasteiger partial charge is 0.466 e. The monoisotopic (exact) mass is 188 g/mol. The van der Waals surface area contributed by atoms with Crippen LogP contribution in [0.1, 0.15) is 59.8 Å². The fraction of sp³-hybridized carbons (Fsp3) is 0.909. The molecular formula is C11H24O2. The molecule has 0 N–H and O–H groups in total. The molecule has 0 aromatic rings. The molecule has 2 nitrogen and oxygen atoms in total. The summed E-state index contributed by atoms with van der Waals surface area (Å²) in [4.78, 5) is 10.2. The quantitative estimate of drug-likeness (QED) is 0.487. The van der Waals surface area contributed by atoms with E-state index in [1.165, 1.54) is 25.7 Å². The lowest BCUT2D eigenvalue weighted by Gasteiger charge is -1.93. The Kier molecular flexibility index (Phi) is 16.1. The van der Waals surface area contributed by atoms with Crippen LogP contribution in [-0.4, -0.2) is 12.6 Å². The molecule has 13 heavy (non-hydrogen) atoms. The van der Waals surface area contributed by atoms with Crippen molar-refractivity contribution in [3.8, 4) is 0 Å².